The van der Waals surface area contributed by atoms with Crippen LogP contribution in [0.4, 0.5) is 34.1 Å². The molecule has 0 saturated heterocycles. The molecule has 2 nitrogen and oxygen atoms in total. The monoisotopic (exact) mass is 860 g/mol. The minimum atomic E-state index is 0.0462. The summed E-state index contributed by atoms with van der Waals surface area (Å²) in [6.45, 7) is 13.7. The maximum atomic E-state index is 2.52. The van der Waals surface area contributed by atoms with Crippen molar-refractivity contribution in [2.75, 3.05) is 9.80 Å². The quantitative estimate of drug-likeness (QED) is 0.154. The second-order valence-electron chi connectivity index (χ2n) is 19.4. The Hall–Kier alpha value is -6.72. The van der Waals surface area contributed by atoms with Gasteiger partial charge in [0.05, 0.1) is 32.1 Å². The topological polar surface area (TPSA) is 6.48 Å². The van der Waals surface area contributed by atoms with Crippen molar-refractivity contribution in [3.8, 4) is 0 Å². The lowest BCUT2D eigenvalue weighted by atomic mass is 9.87. The first kappa shape index (κ1) is 38.9. The average Bonchev–Trinajstić information content (AvgIpc) is 3.89. The van der Waals surface area contributed by atoms with Crippen molar-refractivity contribution in [2.45, 2.75) is 52.4 Å². The van der Waals surface area contributed by atoms with E-state index >= 15 is 0 Å². The number of nitrogens with zero attached hydrogens (tertiary/aromatic N) is 2. The van der Waals surface area contributed by atoms with Crippen molar-refractivity contribution in [1.29, 1.82) is 0 Å². The van der Waals surface area contributed by atoms with Crippen molar-refractivity contribution in [2.24, 2.45) is 0 Å². The average molecular weight is 861 g/mol. The summed E-state index contributed by atoms with van der Waals surface area (Å²) in [4.78, 5) is 5.03. The zero-order valence-corrected chi connectivity index (χ0v) is 38.7. The summed E-state index contributed by atoms with van der Waals surface area (Å²) in [5, 5.41) is 12.7. The first-order valence-corrected chi connectivity index (χ1v) is 24.0. The molecule has 0 aliphatic rings. The number of rotatable bonds is 6. The van der Waals surface area contributed by atoms with Gasteiger partial charge >= 0.3 is 0 Å². The fourth-order valence-corrected chi connectivity index (χ4v) is 12.4. The molecule has 2 heterocycles. The summed E-state index contributed by atoms with van der Waals surface area (Å²) in [5.41, 5.74) is 9.76. The Kier molecular flexibility index (Phi) is 8.76. The summed E-state index contributed by atoms with van der Waals surface area (Å²) < 4.78 is 5.19. The van der Waals surface area contributed by atoms with Gasteiger partial charge in [0.1, 0.15) is 0 Å². The lowest BCUT2D eigenvalue weighted by Crippen LogP contribution is -2.14. The summed E-state index contributed by atoms with van der Waals surface area (Å²) in [5.74, 6) is 0. The van der Waals surface area contributed by atoms with Gasteiger partial charge in [0.2, 0.25) is 0 Å². The van der Waals surface area contributed by atoms with Gasteiger partial charge < -0.3 is 9.80 Å². The van der Waals surface area contributed by atoms with E-state index in [1.54, 1.807) is 0 Å². The Morgan fingerprint density at radius 1 is 0.312 bits per heavy atom. The van der Waals surface area contributed by atoms with Crippen LogP contribution in [0.15, 0.2) is 182 Å². The number of hydrogen-bond acceptors (Lipinski definition) is 4. The Balaban J connectivity index is 1.12. The molecule has 4 heteroatoms. The molecule has 0 spiro atoms. The Morgan fingerprint density at radius 3 is 1.09 bits per heavy atom. The minimum absolute atomic E-state index is 0.0462. The Bertz CT molecular complexity index is 3500. The number of thiophene rings is 2. The molecule has 64 heavy (non-hydrogen) atoms. The molecule has 310 valence electrons. The summed E-state index contributed by atoms with van der Waals surface area (Å²) in [6.07, 6.45) is 0. The van der Waals surface area contributed by atoms with Crippen molar-refractivity contribution >= 4 is 129 Å². The molecule has 12 rings (SSSR count). The lowest BCUT2D eigenvalue weighted by molar-refractivity contribution is 0.590. The second kappa shape index (κ2) is 14.4. The van der Waals surface area contributed by atoms with Crippen LogP contribution in [0, 0.1) is 0 Å². The Labute approximate surface area is 382 Å². The van der Waals surface area contributed by atoms with E-state index in [1.165, 1.54) is 107 Å². The van der Waals surface area contributed by atoms with Crippen molar-refractivity contribution in [3.63, 3.8) is 0 Å². The number of hydrogen-bond donors (Lipinski definition) is 0. The van der Waals surface area contributed by atoms with Gasteiger partial charge in [-0.2, -0.15) is 0 Å². The van der Waals surface area contributed by atoms with Gasteiger partial charge in [-0.3, -0.25) is 0 Å². The molecule has 0 radical (unpaired) electrons. The molecule has 0 atom stereocenters. The highest BCUT2D eigenvalue weighted by Crippen LogP contribution is 2.51. The second-order valence-corrected chi connectivity index (χ2v) is 21.5. The standard InChI is InChI=1S/C60H48N2S2/c1-59(2,3)39-25-29-41(30-26-39)61(51-17-11-15-45-43-13-7-9-19-53(43)63-57(45)51)49-35-23-37-22-34-48-50(36-24-38-21-33-47(49)55(37)56(38)48)62(42-31-27-40(28-32-42)60(4,5)6)52-18-12-16-46-44-14-8-10-20-54(44)64-58(46)52/h7-36H,1-6H3. The molecule has 10 aromatic carbocycles. The molecule has 0 unspecified atom stereocenters. The molecule has 0 amide bonds. The number of benzene rings is 10. The van der Waals surface area contributed by atoms with Crippen molar-refractivity contribution in [1.82, 2.24) is 0 Å². The van der Waals surface area contributed by atoms with E-state index in [0.717, 1.165) is 11.4 Å². The van der Waals surface area contributed by atoms with Crippen molar-refractivity contribution < 1.29 is 0 Å². The van der Waals surface area contributed by atoms with E-state index < -0.39 is 0 Å². The van der Waals surface area contributed by atoms with Crippen LogP contribution in [0.25, 0.3) is 72.7 Å². The zero-order chi connectivity index (χ0) is 43.5. The van der Waals surface area contributed by atoms with E-state index in [1.807, 2.05) is 22.7 Å². The summed E-state index contributed by atoms with van der Waals surface area (Å²) in [6, 6.07) is 68.6. The van der Waals surface area contributed by atoms with Crippen LogP contribution in [-0.2, 0) is 10.8 Å². The number of fused-ring (bicyclic) bond motifs is 6. The lowest BCUT2D eigenvalue weighted by Gasteiger charge is -2.30. The van der Waals surface area contributed by atoms with Crippen LogP contribution < -0.4 is 9.80 Å². The molecule has 0 aliphatic heterocycles. The van der Waals surface area contributed by atoms with Crippen LogP contribution >= 0.6 is 22.7 Å². The zero-order valence-electron chi connectivity index (χ0n) is 37.0. The molecule has 0 aliphatic carbocycles. The van der Waals surface area contributed by atoms with Crippen LogP contribution in [0.2, 0.25) is 0 Å². The van der Waals surface area contributed by atoms with Gasteiger partial charge in [-0.05, 0) is 104 Å². The number of anilines is 6. The van der Waals surface area contributed by atoms with Gasteiger partial charge in [-0.1, -0.05) is 163 Å². The predicted octanol–water partition coefficient (Wildman–Crippen LogP) is 18.9. The molecule has 12 aromatic rings. The fourth-order valence-electron chi connectivity index (χ4n) is 10.0. The minimum Gasteiger partial charge on any atom is -0.308 e. The highest BCUT2D eigenvalue weighted by molar-refractivity contribution is 7.26. The summed E-state index contributed by atoms with van der Waals surface area (Å²) in [7, 11) is 0. The third-order valence-corrected chi connectivity index (χ3v) is 15.8. The van der Waals surface area contributed by atoms with Gasteiger partial charge in [0, 0.05) is 53.1 Å². The molecular weight excluding hydrogens is 813 g/mol. The SMILES string of the molecule is CC(C)(C)c1ccc(N(c2ccc3ccc4c(N(c5ccc(C(C)(C)C)cc5)c5cccc6c5sc5ccccc56)ccc5ccc2c3c54)c2cccc3c2sc2ccccc23)cc1. The van der Waals surface area contributed by atoms with E-state index in [-0.39, 0.29) is 10.8 Å². The van der Waals surface area contributed by atoms with Gasteiger partial charge in [0.25, 0.3) is 0 Å². The first-order valence-electron chi connectivity index (χ1n) is 22.3. The van der Waals surface area contributed by atoms with E-state index in [9.17, 15) is 0 Å². The normalized spacial score (nSPS) is 12.5. The van der Waals surface area contributed by atoms with Crippen LogP contribution in [-0.4, -0.2) is 0 Å². The van der Waals surface area contributed by atoms with E-state index in [0.29, 0.717) is 0 Å². The van der Waals surface area contributed by atoms with Gasteiger partial charge in [-0.25, -0.2) is 0 Å². The predicted molar refractivity (Wildman–Crippen MR) is 283 cm³/mol. The molecule has 0 saturated carbocycles. The molecule has 0 bridgehead atoms. The largest absolute Gasteiger partial charge is 0.308 e. The third kappa shape index (κ3) is 6.11. The molecule has 0 fully saturated rings. The highest BCUT2D eigenvalue weighted by Gasteiger charge is 2.26. The third-order valence-electron chi connectivity index (χ3n) is 13.3. The van der Waals surface area contributed by atoms with Crippen LogP contribution in [0.1, 0.15) is 52.7 Å². The maximum absolute atomic E-state index is 2.52. The summed E-state index contributed by atoms with van der Waals surface area (Å²) >= 11 is 3.77. The highest BCUT2D eigenvalue weighted by atomic mass is 32.1. The van der Waals surface area contributed by atoms with E-state index in [4.69, 9.17) is 0 Å². The smallest absolute Gasteiger partial charge is 0.0640 e. The first-order chi connectivity index (χ1) is 31.0. The molecular formula is C60H48N2S2. The van der Waals surface area contributed by atoms with Crippen molar-refractivity contribution in [3.05, 3.63) is 193 Å². The molecule has 2 aromatic heterocycles. The Morgan fingerprint density at radius 2 is 0.688 bits per heavy atom. The maximum Gasteiger partial charge on any atom is 0.0640 e. The van der Waals surface area contributed by atoms with Crippen LogP contribution in [0.5, 0.6) is 0 Å². The fraction of sp³-hybridized carbons (Fsp3) is 0.133. The van der Waals surface area contributed by atoms with E-state index in [2.05, 4.69) is 233 Å². The van der Waals surface area contributed by atoms with Crippen LogP contribution in [0.3, 0.4) is 0 Å². The molecule has 0 N–H and O–H groups in total. The van der Waals surface area contributed by atoms with Gasteiger partial charge in [-0.15, -0.1) is 22.7 Å². The van der Waals surface area contributed by atoms with Gasteiger partial charge in [0.15, 0.2) is 0 Å².